The summed E-state index contributed by atoms with van der Waals surface area (Å²) >= 11 is 1.19. The van der Waals surface area contributed by atoms with Crippen molar-refractivity contribution in [1.29, 1.82) is 0 Å². The van der Waals surface area contributed by atoms with E-state index < -0.39 is 5.97 Å². The molecule has 0 atom stereocenters. The zero-order valence-electron chi connectivity index (χ0n) is 11.3. The van der Waals surface area contributed by atoms with Gasteiger partial charge in [0.2, 0.25) is 0 Å². The molecule has 0 amide bonds. The van der Waals surface area contributed by atoms with E-state index in [1.54, 1.807) is 18.7 Å². The highest BCUT2D eigenvalue weighted by Gasteiger charge is 2.15. The van der Waals surface area contributed by atoms with Crippen molar-refractivity contribution in [3.05, 3.63) is 42.0 Å². The normalized spacial score (nSPS) is 11.1. The van der Waals surface area contributed by atoms with E-state index in [1.165, 1.54) is 11.8 Å². The van der Waals surface area contributed by atoms with Crippen LogP contribution in [0.5, 0.6) is 0 Å². The molecule has 0 aliphatic heterocycles. The van der Waals surface area contributed by atoms with Crippen LogP contribution in [0.4, 0.5) is 0 Å². The van der Waals surface area contributed by atoms with Crippen molar-refractivity contribution in [1.82, 2.24) is 14.5 Å². The maximum atomic E-state index is 10.8. The van der Waals surface area contributed by atoms with E-state index in [-0.39, 0.29) is 5.75 Å². The van der Waals surface area contributed by atoms with Crippen LogP contribution in [-0.2, 0) is 11.3 Å². The minimum absolute atomic E-state index is 0.0340. The van der Waals surface area contributed by atoms with Gasteiger partial charge in [-0.1, -0.05) is 11.8 Å². The van der Waals surface area contributed by atoms with Crippen LogP contribution < -0.4 is 0 Å². The first-order valence-electron chi connectivity index (χ1n) is 6.32. The van der Waals surface area contributed by atoms with Crippen molar-refractivity contribution < 1.29 is 14.3 Å². The summed E-state index contributed by atoms with van der Waals surface area (Å²) < 4.78 is 7.00. The molecule has 0 spiro atoms. The predicted octanol–water partition coefficient (Wildman–Crippen LogP) is 2.56. The van der Waals surface area contributed by atoms with E-state index in [2.05, 4.69) is 9.97 Å². The van der Waals surface area contributed by atoms with Crippen LogP contribution in [-0.4, -0.2) is 31.4 Å². The van der Waals surface area contributed by atoms with Crippen molar-refractivity contribution in [3.63, 3.8) is 0 Å². The van der Waals surface area contributed by atoms with Gasteiger partial charge in [-0.15, -0.1) is 0 Å². The number of pyridine rings is 1. The Hall–Kier alpha value is -2.28. The Kier molecular flexibility index (Phi) is 3.66. The average Bonchev–Trinajstić information content (AvgIpc) is 3.07. The number of imidazole rings is 1. The number of aliphatic carboxylic acids is 1. The number of thioether (sulfide) groups is 1. The van der Waals surface area contributed by atoms with Crippen molar-refractivity contribution in [3.8, 4) is 0 Å². The predicted molar refractivity (Wildman–Crippen MR) is 78.4 cm³/mol. The third-order valence-corrected chi connectivity index (χ3v) is 4.01. The second-order valence-electron chi connectivity index (χ2n) is 4.59. The van der Waals surface area contributed by atoms with Crippen LogP contribution in [0.3, 0.4) is 0 Å². The zero-order chi connectivity index (χ0) is 14.8. The Bertz CT molecular complexity index is 780. The molecule has 0 aromatic carbocycles. The number of hydrogen-bond acceptors (Lipinski definition) is 5. The smallest absolute Gasteiger partial charge is 0.313 e. The highest BCUT2D eigenvalue weighted by molar-refractivity contribution is 7.99. The van der Waals surface area contributed by atoms with Crippen LogP contribution in [0.1, 0.15) is 11.1 Å². The molecule has 3 rings (SSSR count). The highest BCUT2D eigenvalue weighted by Crippen LogP contribution is 2.25. The van der Waals surface area contributed by atoms with E-state index in [0.717, 1.165) is 22.3 Å². The molecule has 7 heteroatoms. The summed E-state index contributed by atoms with van der Waals surface area (Å²) in [5.41, 5.74) is 3.55. The van der Waals surface area contributed by atoms with Crippen LogP contribution in [0.15, 0.2) is 40.4 Å². The van der Waals surface area contributed by atoms with Gasteiger partial charge in [-0.05, 0) is 24.6 Å². The Morgan fingerprint density at radius 2 is 2.33 bits per heavy atom. The van der Waals surface area contributed by atoms with Gasteiger partial charge in [0.15, 0.2) is 10.8 Å². The fraction of sp³-hybridized carbons (Fsp3) is 0.214. The van der Waals surface area contributed by atoms with E-state index in [0.29, 0.717) is 11.7 Å². The quantitative estimate of drug-likeness (QED) is 0.730. The number of rotatable bonds is 5. The molecule has 0 radical (unpaired) electrons. The number of aryl methyl sites for hydroxylation is 1. The molecule has 0 unspecified atom stereocenters. The molecule has 3 aromatic heterocycles. The first kappa shape index (κ1) is 13.7. The van der Waals surface area contributed by atoms with Crippen LogP contribution in [0.25, 0.3) is 11.2 Å². The van der Waals surface area contributed by atoms with Crippen molar-refractivity contribution in [2.75, 3.05) is 5.75 Å². The highest BCUT2D eigenvalue weighted by atomic mass is 32.2. The van der Waals surface area contributed by atoms with E-state index >= 15 is 0 Å². The number of aromatic nitrogens is 3. The van der Waals surface area contributed by atoms with Gasteiger partial charge in [0.25, 0.3) is 0 Å². The van der Waals surface area contributed by atoms with Gasteiger partial charge in [-0.25, -0.2) is 9.97 Å². The van der Waals surface area contributed by atoms with Gasteiger partial charge in [0.1, 0.15) is 5.52 Å². The molecule has 0 saturated carbocycles. The van der Waals surface area contributed by atoms with E-state index in [4.69, 9.17) is 9.52 Å². The zero-order valence-corrected chi connectivity index (χ0v) is 12.1. The molecule has 0 bridgehead atoms. The van der Waals surface area contributed by atoms with Crippen molar-refractivity contribution in [2.24, 2.45) is 0 Å². The summed E-state index contributed by atoms with van der Waals surface area (Å²) in [7, 11) is 0. The molecule has 108 valence electrons. The second kappa shape index (κ2) is 5.61. The molecule has 3 aromatic rings. The monoisotopic (exact) mass is 303 g/mol. The lowest BCUT2D eigenvalue weighted by atomic mass is 10.3. The molecule has 6 nitrogen and oxygen atoms in total. The van der Waals surface area contributed by atoms with Crippen LogP contribution >= 0.6 is 11.8 Å². The van der Waals surface area contributed by atoms with Crippen molar-refractivity contribution in [2.45, 2.75) is 18.6 Å². The third kappa shape index (κ3) is 2.78. The molecule has 0 fully saturated rings. The number of nitrogens with zero attached hydrogens (tertiary/aromatic N) is 3. The number of carbonyl (C=O) groups is 1. The third-order valence-electron chi connectivity index (χ3n) is 3.05. The number of carboxylic acids is 1. The summed E-state index contributed by atoms with van der Waals surface area (Å²) in [4.78, 5) is 19.7. The first-order valence-corrected chi connectivity index (χ1v) is 7.31. The molecule has 0 aliphatic carbocycles. The fourth-order valence-corrected chi connectivity index (χ4v) is 2.78. The van der Waals surface area contributed by atoms with Gasteiger partial charge in [0.05, 0.1) is 24.8 Å². The maximum absolute atomic E-state index is 10.8. The van der Waals surface area contributed by atoms with Crippen molar-refractivity contribution >= 4 is 28.9 Å². The fourth-order valence-electron chi connectivity index (χ4n) is 2.06. The molecule has 0 saturated heterocycles. The Morgan fingerprint density at radius 3 is 3.05 bits per heavy atom. The largest absolute Gasteiger partial charge is 0.481 e. The minimum Gasteiger partial charge on any atom is -0.481 e. The summed E-state index contributed by atoms with van der Waals surface area (Å²) in [6.07, 6.45) is 5.00. The summed E-state index contributed by atoms with van der Waals surface area (Å²) in [5.74, 6) is -0.903. The summed E-state index contributed by atoms with van der Waals surface area (Å²) in [6, 6.07) is 3.76. The minimum atomic E-state index is -0.869. The van der Waals surface area contributed by atoms with Crippen LogP contribution in [0.2, 0.25) is 0 Å². The van der Waals surface area contributed by atoms with Gasteiger partial charge in [-0.3, -0.25) is 9.36 Å². The second-order valence-corrected chi connectivity index (χ2v) is 5.54. The number of carboxylic acid groups (broad SMARTS) is 1. The van der Waals surface area contributed by atoms with E-state index in [1.807, 2.05) is 23.6 Å². The lowest BCUT2D eigenvalue weighted by Gasteiger charge is -2.05. The van der Waals surface area contributed by atoms with Gasteiger partial charge in [0, 0.05) is 11.8 Å². The van der Waals surface area contributed by atoms with Gasteiger partial charge < -0.3 is 9.52 Å². The Labute approximate surface area is 124 Å². The standard InChI is InChI=1S/C14H13N3O3S/c1-9-2-4-15-13-12(9)16-14(21-8-11(18)19)17(13)6-10-3-5-20-7-10/h2-5,7H,6,8H2,1H3,(H,18,19). The summed E-state index contributed by atoms with van der Waals surface area (Å²) in [5, 5.41) is 9.51. The lowest BCUT2D eigenvalue weighted by molar-refractivity contribution is -0.133. The molecular formula is C14H13N3O3S. The summed E-state index contributed by atoms with van der Waals surface area (Å²) in [6.45, 7) is 2.51. The maximum Gasteiger partial charge on any atom is 0.313 e. The van der Waals surface area contributed by atoms with Gasteiger partial charge in [-0.2, -0.15) is 0 Å². The number of hydrogen-bond donors (Lipinski definition) is 1. The molecule has 21 heavy (non-hydrogen) atoms. The molecule has 3 heterocycles. The molecule has 1 N–H and O–H groups in total. The first-order chi connectivity index (χ1) is 10.1. The topological polar surface area (TPSA) is 81.1 Å². The Morgan fingerprint density at radius 1 is 1.48 bits per heavy atom. The molecule has 0 aliphatic rings. The molecular weight excluding hydrogens is 290 g/mol. The lowest BCUT2D eigenvalue weighted by Crippen LogP contribution is -2.04. The SMILES string of the molecule is Cc1ccnc2c1nc(SCC(=O)O)n2Cc1ccoc1. The average molecular weight is 303 g/mol. The van der Waals surface area contributed by atoms with E-state index in [9.17, 15) is 4.79 Å². The number of fused-ring (bicyclic) bond motifs is 1. The number of furan rings is 1. The Balaban J connectivity index is 2.06. The van der Waals surface area contributed by atoms with Gasteiger partial charge >= 0.3 is 5.97 Å². The van der Waals surface area contributed by atoms with Crippen LogP contribution in [0, 0.1) is 6.92 Å².